The van der Waals surface area contributed by atoms with Crippen molar-refractivity contribution < 1.29 is 22.4 Å². The molecule has 6 rings (SSSR count). The van der Waals surface area contributed by atoms with Crippen LogP contribution < -0.4 is 16.4 Å². The van der Waals surface area contributed by atoms with E-state index in [9.17, 15) is 22.4 Å². The van der Waals surface area contributed by atoms with Crippen molar-refractivity contribution >= 4 is 28.7 Å². The quantitative estimate of drug-likeness (QED) is 0.206. The van der Waals surface area contributed by atoms with Crippen LogP contribution in [0.3, 0.4) is 0 Å². The molecular formula is C31H29F4N9O. The van der Waals surface area contributed by atoms with E-state index >= 15 is 0 Å². The molecule has 45 heavy (non-hydrogen) atoms. The number of hydrogen-bond donors (Lipinski definition) is 3. The Balaban J connectivity index is 1.17. The van der Waals surface area contributed by atoms with Gasteiger partial charge < -0.3 is 16.4 Å². The van der Waals surface area contributed by atoms with Gasteiger partial charge in [-0.2, -0.15) is 18.3 Å². The first kappa shape index (κ1) is 30.0. The summed E-state index contributed by atoms with van der Waals surface area (Å²) >= 11 is 0. The van der Waals surface area contributed by atoms with E-state index in [4.69, 9.17) is 5.73 Å². The van der Waals surface area contributed by atoms with Gasteiger partial charge >= 0.3 is 12.2 Å². The molecule has 14 heteroatoms. The van der Waals surface area contributed by atoms with Gasteiger partial charge in [0.05, 0.1) is 11.3 Å². The van der Waals surface area contributed by atoms with Crippen molar-refractivity contribution in [2.45, 2.75) is 19.3 Å². The number of hydrogen-bond acceptors (Lipinski definition) is 7. The van der Waals surface area contributed by atoms with Gasteiger partial charge in [-0.05, 0) is 59.2 Å². The van der Waals surface area contributed by atoms with Crippen molar-refractivity contribution in [2.75, 3.05) is 42.5 Å². The highest BCUT2D eigenvalue weighted by molar-refractivity contribution is 6.00. The van der Waals surface area contributed by atoms with Crippen molar-refractivity contribution in [1.29, 1.82) is 0 Å². The van der Waals surface area contributed by atoms with Crippen LogP contribution in [0, 0.1) is 5.82 Å². The predicted octanol–water partition coefficient (Wildman–Crippen LogP) is 5.49. The van der Waals surface area contributed by atoms with Crippen molar-refractivity contribution in [3.8, 4) is 11.1 Å². The summed E-state index contributed by atoms with van der Waals surface area (Å²) in [6, 6.07) is 11.8. The largest absolute Gasteiger partial charge is 0.416 e. The zero-order valence-corrected chi connectivity index (χ0v) is 23.9. The summed E-state index contributed by atoms with van der Waals surface area (Å²) in [5, 5.41) is 9.03. The number of pyridine rings is 1. The normalized spacial score (nSPS) is 14.5. The number of aromatic nitrogens is 4. The van der Waals surface area contributed by atoms with Crippen LogP contribution in [0.15, 0.2) is 79.5 Å². The number of piperazine rings is 1. The van der Waals surface area contributed by atoms with Crippen LogP contribution in [0.4, 0.5) is 39.5 Å². The highest BCUT2D eigenvalue weighted by atomic mass is 19.4. The van der Waals surface area contributed by atoms with E-state index in [-0.39, 0.29) is 0 Å². The Kier molecular flexibility index (Phi) is 8.32. The molecule has 0 radical (unpaired) electrons. The predicted molar refractivity (Wildman–Crippen MR) is 162 cm³/mol. The van der Waals surface area contributed by atoms with Gasteiger partial charge in [0.2, 0.25) is 0 Å². The maximum Gasteiger partial charge on any atom is 0.416 e. The lowest BCUT2D eigenvalue weighted by Gasteiger charge is -2.34. The van der Waals surface area contributed by atoms with Crippen molar-refractivity contribution in [1.82, 2.24) is 29.4 Å². The fraction of sp³-hybridized carbons (Fsp3) is 0.226. The van der Waals surface area contributed by atoms with Gasteiger partial charge in [-0.25, -0.2) is 18.7 Å². The first-order valence-corrected chi connectivity index (χ1v) is 14.1. The molecule has 2 amide bonds. The van der Waals surface area contributed by atoms with E-state index in [2.05, 4.69) is 35.5 Å². The van der Waals surface area contributed by atoms with Crippen LogP contribution in [-0.4, -0.2) is 61.6 Å². The minimum atomic E-state index is -4.68. The molecule has 1 saturated heterocycles. The van der Waals surface area contributed by atoms with E-state index < -0.39 is 29.3 Å². The Hall–Kier alpha value is -5.08. The molecule has 3 aromatic heterocycles. The topological polar surface area (TPSA) is 117 Å². The lowest BCUT2D eigenvalue weighted by atomic mass is 10.0. The van der Waals surface area contributed by atoms with E-state index in [1.807, 2.05) is 18.3 Å². The Bertz CT molecular complexity index is 1800. The zero-order valence-electron chi connectivity index (χ0n) is 23.9. The zero-order chi connectivity index (χ0) is 31.6. The number of rotatable bonds is 7. The number of carbonyl (C=O) groups is 1. The minimum Gasteiger partial charge on any atom is -0.382 e. The fourth-order valence-corrected chi connectivity index (χ4v) is 5.42. The number of nitrogens with zero attached hydrogens (tertiary/aromatic N) is 6. The number of amides is 2. The molecule has 0 spiro atoms. The molecule has 232 valence electrons. The van der Waals surface area contributed by atoms with Gasteiger partial charge in [-0.1, -0.05) is 12.1 Å². The van der Waals surface area contributed by atoms with E-state index in [0.29, 0.717) is 41.8 Å². The molecule has 1 fully saturated rings. The Morgan fingerprint density at radius 3 is 2.29 bits per heavy atom. The van der Waals surface area contributed by atoms with Crippen LogP contribution in [0.25, 0.3) is 16.6 Å². The summed E-state index contributed by atoms with van der Waals surface area (Å²) in [7, 11) is 0. The molecule has 0 unspecified atom stereocenters. The molecule has 0 atom stereocenters. The van der Waals surface area contributed by atoms with Gasteiger partial charge in [0, 0.05) is 69.1 Å². The molecule has 10 nitrogen and oxygen atoms in total. The fourth-order valence-electron chi connectivity index (χ4n) is 5.42. The van der Waals surface area contributed by atoms with Crippen LogP contribution >= 0.6 is 0 Å². The first-order chi connectivity index (χ1) is 21.6. The summed E-state index contributed by atoms with van der Waals surface area (Å²) in [5.41, 5.74) is 9.53. The van der Waals surface area contributed by atoms with Gasteiger partial charge in [0.25, 0.3) is 0 Å². The standard InChI is InChI=1S/C31H29F4N9O/c32-25-6-3-23(31(33,34)35)15-26(25)41-30(45)40-24-4-1-21(2-5-24)27-22(18-44-28(27)29(36)38-19-39-44)17-43-13-11-42(12-14-43)16-20-7-9-37-10-8-20/h1-10,15,18-19H,11-14,16-17H2,(H2,36,38,39)(H2,40,41,45). The van der Waals surface area contributed by atoms with Gasteiger partial charge in [0.1, 0.15) is 17.7 Å². The van der Waals surface area contributed by atoms with Gasteiger partial charge in [0.15, 0.2) is 5.82 Å². The Morgan fingerprint density at radius 1 is 0.911 bits per heavy atom. The first-order valence-electron chi connectivity index (χ1n) is 14.1. The number of nitrogens with one attached hydrogen (secondary N) is 2. The molecule has 1 aliphatic heterocycles. The summed E-state index contributed by atoms with van der Waals surface area (Å²) < 4.78 is 54.9. The second kappa shape index (κ2) is 12.5. The summed E-state index contributed by atoms with van der Waals surface area (Å²) in [5.74, 6) is -0.672. The number of halogens is 4. The SMILES string of the molecule is Nc1ncnn2cc(CN3CCN(Cc4ccncc4)CC3)c(-c3ccc(NC(=O)Nc4cc(C(F)(F)F)ccc4F)cc3)c12. The molecular weight excluding hydrogens is 590 g/mol. The molecule has 1 aliphatic rings. The van der Waals surface area contributed by atoms with Crippen molar-refractivity contribution in [2.24, 2.45) is 0 Å². The number of nitrogen functional groups attached to an aromatic ring is 1. The van der Waals surface area contributed by atoms with Crippen LogP contribution in [0.5, 0.6) is 0 Å². The maximum absolute atomic E-state index is 14.1. The summed E-state index contributed by atoms with van der Waals surface area (Å²) in [6.45, 7) is 5.12. The molecule has 4 heterocycles. The number of alkyl halides is 3. The summed E-state index contributed by atoms with van der Waals surface area (Å²) in [6.07, 6.45) is 2.26. The average molecular weight is 620 g/mol. The lowest BCUT2D eigenvalue weighted by Crippen LogP contribution is -2.45. The van der Waals surface area contributed by atoms with Gasteiger partial charge in [-0.15, -0.1) is 0 Å². The molecule has 2 aromatic carbocycles. The number of fused-ring (bicyclic) bond motifs is 1. The molecule has 0 aliphatic carbocycles. The Morgan fingerprint density at radius 2 is 1.60 bits per heavy atom. The molecule has 0 saturated carbocycles. The Labute approximate surface area is 255 Å². The summed E-state index contributed by atoms with van der Waals surface area (Å²) in [4.78, 5) is 25.6. The monoisotopic (exact) mass is 619 g/mol. The van der Waals surface area contributed by atoms with Crippen LogP contribution in [0.1, 0.15) is 16.7 Å². The smallest absolute Gasteiger partial charge is 0.382 e. The number of urea groups is 1. The van der Waals surface area contributed by atoms with E-state index in [0.717, 1.165) is 49.4 Å². The third kappa shape index (κ3) is 6.86. The maximum atomic E-state index is 14.1. The van der Waals surface area contributed by atoms with Crippen molar-refractivity contribution in [3.05, 3.63) is 102 Å². The lowest BCUT2D eigenvalue weighted by molar-refractivity contribution is -0.137. The molecule has 0 bridgehead atoms. The van der Waals surface area contributed by atoms with E-state index in [1.54, 1.807) is 41.2 Å². The van der Waals surface area contributed by atoms with Crippen LogP contribution in [-0.2, 0) is 19.3 Å². The number of carbonyl (C=O) groups excluding carboxylic acids is 1. The number of benzene rings is 2. The second-order valence-electron chi connectivity index (χ2n) is 10.7. The molecule has 5 aromatic rings. The number of nitrogens with two attached hydrogens (primary N) is 1. The minimum absolute atomic E-state index is 0.318. The third-order valence-electron chi connectivity index (χ3n) is 7.67. The third-order valence-corrected chi connectivity index (χ3v) is 7.67. The van der Waals surface area contributed by atoms with E-state index in [1.165, 1.54) is 11.9 Å². The average Bonchev–Trinajstić information content (AvgIpc) is 3.38. The van der Waals surface area contributed by atoms with Crippen LogP contribution in [0.2, 0.25) is 0 Å². The highest BCUT2D eigenvalue weighted by Gasteiger charge is 2.31. The molecule has 4 N–H and O–H groups in total. The van der Waals surface area contributed by atoms with Gasteiger partial charge in [-0.3, -0.25) is 14.8 Å². The highest BCUT2D eigenvalue weighted by Crippen LogP contribution is 2.35. The van der Waals surface area contributed by atoms with Crippen molar-refractivity contribution in [3.63, 3.8) is 0 Å². The number of anilines is 3. The second-order valence-corrected chi connectivity index (χ2v) is 10.7.